The monoisotopic (exact) mass is 222 g/mol. The van der Waals surface area contributed by atoms with Gasteiger partial charge in [0.25, 0.3) is 0 Å². The van der Waals surface area contributed by atoms with Gasteiger partial charge in [0.05, 0.1) is 12.8 Å². The zero-order valence-electron chi connectivity index (χ0n) is 8.88. The van der Waals surface area contributed by atoms with Crippen LogP contribution in [-0.2, 0) is 9.09 Å². The summed E-state index contributed by atoms with van der Waals surface area (Å²) in [5.41, 5.74) is 0. The molecule has 0 aromatic carbocycles. The van der Waals surface area contributed by atoms with Crippen molar-refractivity contribution < 1.29 is 13.3 Å². The van der Waals surface area contributed by atoms with Crippen LogP contribution < -0.4 is 0 Å². The van der Waals surface area contributed by atoms with E-state index < -0.39 is 7.68 Å². The van der Waals surface area contributed by atoms with Gasteiger partial charge in [-0.3, -0.25) is 4.57 Å². The summed E-state index contributed by atoms with van der Waals surface area (Å²) in [6.07, 6.45) is 7.22. The average Bonchev–Trinajstić information content (AvgIpc) is 2.19. The van der Waals surface area contributed by atoms with Gasteiger partial charge in [0.2, 0.25) is 0 Å². The van der Waals surface area contributed by atoms with Gasteiger partial charge in [0.1, 0.15) is 0 Å². The Kier molecular flexibility index (Phi) is 5.11. The quantitative estimate of drug-likeness (QED) is 0.653. The Bertz CT molecular complexity index is 202. The average molecular weight is 222 g/mol. The Morgan fingerprint density at radius 1 is 1.36 bits per heavy atom. The van der Waals surface area contributed by atoms with Crippen molar-refractivity contribution in [3.05, 3.63) is 0 Å². The molecule has 0 saturated heterocycles. The Morgan fingerprint density at radius 2 is 2.00 bits per heavy atom. The number of hydrogen-bond acceptors (Lipinski definition) is 2. The Morgan fingerprint density at radius 3 is 2.57 bits per heavy atom. The first kappa shape index (κ1) is 12.2. The van der Waals surface area contributed by atoms with Crippen LogP contribution in [-0.4, -0.2) is 12.8 Å². The summed E-state index contributed by atoms with van der Waals surface area (Å²) in [7, 11) is -3.74. The summed E-state index contributed by atoms with van der Waals surface area (Å²) >= 11 is 0. The zero-order valence-corrected chi connectivity index (χ0v) is 9.77. The van der Waals surface area contributed by atoms with E-state index in [2.05, 4.69) is 0 Å². The molecule has 84 valence electrons. The van der Waals surface area contributed by atoms with Crippen LogP contribution in [0.2, 0.25) is 0 Å². The molecular formula is C10H20FO2P. The van der Waals surface area contributed by atoms with Gasteiger partial charge in [-0.25, -0.2) is 0 Å². The molecule has 14 heavy (non-hydrogen) atoms. The third-order valence-corrected chi connectivity index (χ3v) is 4.24. The fraction of sp³-hybridized carbons (Fsp3) is 1.00. The summed E-state index contributed by atoms with van der Waals surface area (Å²) in [6.45, 7) is 1.88. The smallest absolute Gasteiger partial charge is 0.306 e. The second-order valence-electron chi connectivity index (χ2n) is 4.03. The highest BCUT2D eigenvalue weighted by molar-refractivity contribution is 7.53. The van der Waals surface area contributed by atoms with Gasteiger partial charge in [0.15, 0.2) is 0 Å². The van der Waals surface area contributed by atoms with E-state index in [0.29, 0.717) is 12.5 Å². The van der Waals surface area contributed by atoms with Crippen molar-refractivity contribution >= 4 is 7.68 Å². The van der Waals surface area contributed by atoms with Crippen molar-refractivity contribution in [2.75, 3.05) is 12.8 Å². The van der Waals surface area contributed by atoms with Gasteiger partial charge >= 0.3 is 7.68 Å². The van der Waals surface area contributed by atoms with E-state index in [1.807, 2.05) is 0 Å². The molecule has 1 atom stereocenters. The molecule has 1 aliphatic carbocycles. The summed E-state index contributed by atoms with van der Waals surface area (Å²) in [5.74, 6) is 0.667. The van der Waals surface area contributed by atoms with Crippen LogP contribution >= 0.6 is 7.68 Å². The minimum absolute atomic E-state index is 0.00231. The number of rotatable bonds is 5. The zero-order chi connectivity index (χ0) is 10.4. The molecule has 1 fully saturated rings. The summed E-state index contributed by atoms with van der Waals surface area (Å²) in [4.78, 5) is 0. The first-order chi connectivity index (χ1) is 6.64. The first-order valence-electron chi connectivity index (χ1n) is 5.57. The predicted molar refractivity (Wildman–Crippen MR) is 56.4 cm³/mol. The van der Waals surface area contributed by atoms with Crippen LogP contribution in [0.25, 0.3) is 0 Å². The molecule has 1 aliphatic rings. The third-order valence-electron chi connectivity index (χ3n) is 2.91. The van der Waals surface area contributed by atoms with Crippen molar-refractivity contribution in [3.63, 3.8) is 0 Å². The minimum Gasteiger partial charge on any atom is -0.306 e. The van der Waals surface area contributed by atoms with Gasteiger partial charge in [0, 0.05) is 0 Å². The van der Waals surface area contributed by atoms with Gasteiger partial charge in [-0.05, 0) is 12.3 Å². The van der Waals surface area contributed by atoms with E-state index in [9.17, 15) is 8.76 Å². The molecule has 0 aromatic heterocycles. The van der Waals surface area contributed by atoms with E-state index in [-0.39, 0.29) is 6.16 Å². The number of hydrogen-bond donors (Lipinski definition) is 0. The lowest BCUT2D eigenvalue weighted by Gasteiger charge is -2.21. The molecular weight excluding hydrogens is 202 g/mol. The molecule has 0 aliphatic heterocycles. The lowest BCUT2D eigenvalue weighted by Crippen LogP contribution is -2.08. The third kappa shape index (κ3) is 4.56. The standard InChI is InChI=1S/C10H20FO2P/c1-2-14(11,12)13-9-8-10-6-4-3-5-7-10/h10H,2-9H2,1H3. The number of halogens is 1. The minimum atomic E-state index is -3.74. The maximum Gasteiger partial charge on any atom is 0.367 e. The fourth-order valence-electron chi connectivity index (χ4n) is 1.92. The SMILES string of the molecule is CCP(=O)(F)OCCC1CCCCC1. The van der Waals surface area contributed by atoms with Crippen LogP contribution in [0, 0.1) is 5.92 Å². The molecule has 0 heterocycles. The summed E-state index contributed by atoms with van der Waals surface area (Å²) < 4.78 is 28.6. The molecule has 0 amide bonds. The second kappa shape index (κ2) is 5.87. The highest BCUT2D eigenvalue weighted by atomic mass is 31.2. The van der Waals surface area contributed by atoms with Crippen LogP contribution in [0.4, 0.5) is 4.20 Å². The summed E-state index contributed by atoms with van der Waals surface area (Å²) in [5, 5.41) is 0. The van der Waals surface area contributed by atoms with Crippen molar-refractivity contribution in [3.8, 4) is 0 Å². The second-order valence-corrected chi connectivity index (χ2v) is 6.10. The van der Waals surface area contributed by atoms with E-state index in [4.69, 9.17) is 4.52 Å². The normalized spacial score (nSPS) is 23.3. The molecule has 1 saturated carbocycles. The van der Waals surface area contributed by atoms with Gasteiger partial charge in [-0.2, -0.15) is 4.20 Å². The van der Waals surface area contributed by atoms with E-state index >= 15 is 0 Å². The highest BCUT2D eigenvalue weighted by Crippen LogP contribution is 2.48. The van der Waals surface area contributed by atoms with Crippen LogP contribution in [0.1, 0.15) is 45.4 Å². The van der Waals surface area contributed by atoms with Crippen molar-refractivity contribution in [2.45, 2.75) is 45.4 Å². The first-order valence-corrected chi connectivity index (χ1v) is 7.27. The lowest BCUT2D eigenvalue weighted by molar-refractivity contribution is 0.234. The van der Waals surface area contributed by atoms with Gasteiger partial charge in [-0.15, -0.1) is 0 Å². The van der Waals surface area contributed by atoms with Crippen LogP contribution in [0.5, 0.6) is 0 Å². The maximum absolute atomic E-state index is 12.9. The molecule has 0 aromatic rings. The topological polar surface area (TPSA) is 26.3 Å². The molecule has 0 bridgehead atoms. The van der Waals surface area contributed by atoms with E-state index in [1.165, 1.54) is 32.1 Å². The van der Waals surface area contributed by atoms with Crippen molar-refractivity contribution in [1.29, 1.82) is 0 Å². The van der Waals surface area contributed by atoms with E-state index in [0.717, 1.165) is 6.42 Å². The predicted octanol–water partition coefficient (Wildman–Crippen LogP) is 4.16. The highest BCUT2D eigenvalue weighted by Gasteiger charge is 2.20. The van der Waals surface area contributed by atoms with E-state index in [1.54, 1.807) is 6.92 Å². The Balaban J connectivity index is 2.11. The molecule has 0 N–H and O–H groups in total. The maximum atomic E-state index is 12.9. The van der Waals surface area contributed by atoms with Crippen molar-refractivity contribution in [2.24, 2.45) is 5.92 Å². The Hall–Kier alpha value is 0.120. The molecule has 1 rings (SSSR count). The van der Waals surface area contributed by atoms with Gasteiger partial charge < -0.3 is 4.52 Å². The fourth-order valence-corrected chi connectivity index (χ4v) is 2.48. The molecule has 1 unspecified atom stereocenters. The summed E-state index contributed by atoms with van der Waals surface area (Å²) in [6, 6.07) is 0. The van der Waals surface area contributed by atoms with Crippen LogP contribution in [0.15, 0.2) is 0 Å². The largest absolute Gasteiger partial charge is 0.367 e. The Labute approximate surface area is 85.8 Å². The molecule has 0 spiro atoms. The van der Waals surface area contributed by atoms with Crippen molar-refractivity contribution in [1.82, 2.24) is 0 Å². The van der Waals surface area contributed by atoms with Gasteiger partial charge in [-0.1, -0.05) is 39.0 Å². The van der Waals surface area contributed by atoms with Crippen LogP contribution in [0.3, 0.4) is 0 Å². The molecule has 0 radical (unpaired) electrons. The molecule has 2 nitrogen and oxygen atoms in total. The lowest BCUT2D eigenvalue weighted by atomic mass is 9.87. The molecule has 4 heteroatoms.